The molecule has 0 saturated carbocycles. The third-order valence-corrected chi connectivity index (χ3v) is 4.28. The predicted octanol–water partition coefficient (Wildman–Crippen LogP) is 4.03. The summed E-state index contributed by atoms with van der Waals surface area (Å²) in [5.41, 5.74) is 0.523. The fourth-order valence-electron chi connectivity index (χ4n) is 2.42. The average Bonchev–Trinajstić information content (AvgIpc) is 3.14. The van der Waals surface area contributed by atoms with Crippen molar-refractivity contribution in [2.45, 2.75) is 19.9 Å². The van der Waals surface area contributed by atoms with Crippen LogP contribution in [0.1, 0.15) is 12.7 Å². The van der Waals surface area contributed by atoms with E-state index in [9.17, 15) is 4.79 Å². The summed E-state index contributed by atoms with van der Waals surface area (Å²) in [6.07, 6.45) is 4.42. The molecule has 1 amide bonds. The number of halogens is 2. The molecule has 130 valence electrons. The first-order valence-corrected chi connectivity index (χ1v) is 8.72. The smallest absolute Gasteiger partial charge is 0.246 e. The van der Waals surface area contributed by atoms with Gasteiger partial charge < -0.3 is 5.32 Å². The third kappa shape index (κ3) is 3.95. The molecule has 0 aliphatic rings. The van der Waals surface area contributed by atoms with Crippen LogP contribution < -0.4 is 5.32 Å². The first kappa shape index (κ1) is 17.7. The zero-order valence-corrected chi connectivity index (χ0v) is 15.6. The summed E-state index contributed by atoms with van der Waals surface area (Å²) in [5, 5.41) is 8.09. The second-order valence-electron chi connectivity index (χ2n) is 5.29. The first-order chi connectivity index (χ1) is 12.0. The van der Waals surface area contributed by atoms with Crippen LogP contribution in [0.3, 0.4) is 0 Å². The maximum atomic E-state index is 12.3. The Bertz CT molecular complexity index is 941. The molecule has 0 spiro atoms. The molecular formula is C16H15Cl2N5OS. The van der Waals surface area contributed by atoms with Crippen LogP contribution in [0.25, 0.3) is 0 Å². The highest BCUT2D eigenvalue weighted by molar-refractivity contribution is 7.71. The van der Waals surface area contributed by atoms with E-state index in [-0.39, 0.29) is 12.5 Å². The van der Waals surface area contributed by atoms with E-state index in [2.05, 4.69) is 10.4 Å². The Balaban J connectivity index is 1.83. The largest absolute Gasteiger partial charge is 0.324 e. The lowest BCUT2D eigenvalue weighted by atomic mass is 10.3. The van der Waals surface area contributed by atoms with Gasteiger partial charge in [0, 0.05) is 34.5 Å². The number of hydrogen-bond acceptors (Lipinski definition) is 3. The summed E-state index contributed by atoms with van der Waals surface area (Å²) >= 11 is 17.4. The van der Waals surface area contributed by atoms with Gasteiger partial charge in [0.05, 0.1) is 0 Å². The molecular weight excluding hydrogens is 381 g/mol. The number of nitrogens with zero attached hydrogens (tertiary/aromatic N) is 4. The van der Waals surface area contributed by atoms with Crippen LogP contribution in [-0.2, 0) is 17.8 Å². The highest BCUT2D eigenvalue weighted by Crippen LogP contribution is 2.22. The lowest BCUT2D eigenvalue weighted by Gasteiger charge is -2.07. The van der Waals surface area contributed by atoms with Crippen molar-refractivity contribution in [1.29, 1.82) is 0 Å². The summed E-state index contributed by atoms with van der Waals surface area (Å²) in [6.45, 7) is 1.97. The topological polar surface area (TPSA) is 56.8 Å². The number of benzene rings is 1. The molecule has 2 heterocycles. The van der Waals surface area contributed by atoms with Gasteiger partial charge in [0.2, 0.25) is 10.7 Å². The third-order valence-electron chi connectivity index (χ3n) is 3.46. The zero-order valence-electron chi connectivity index (χ0n) is 13.3. The van der Waals surface area contributed by atoms with Crippen LogP contribution in [0.5, 0.6) is 0 Å². The number of aryl methyl sites for hydroxylation is 1. The highest BCUT2D eigenvalue weighted by Gasteiger charge is 2.13. The van der Waals surface area contributed by atoms with Crippen LogP contribution in [0.15, 0.2) is 42.7 Å². The van der Waals surface area contributed by atoms with E-state index in [1.165, 1.54) is 4.68 Å². The van der Waals surface area contributed by atoms with E-state index in [1.54, 1.807) is 22.9 Å². The van der Waals surface area contributed by atoms with Crippen molar-refractivity contribution < 1.29 is 4.79 Å². The van der Waals surface area contributed by atoms with Crippen molar-refractivity contribution in [3.05, 3.63) is 63.4 Å². The molecule has 9 heteroatoms. The fourth-order valence-corrected chi connectivity index (χ4v) is 3.25. The zero-order chi connectivity index (χ0) is 18.0. The van der Waals surface area contributed by atoms with Gasteiger partial charge in [-0.15, -0.1) is 0 Å². The first-order valence-electron chi connectivity index (χ1n) is 7.56. The van der Waals surface area contributed by atoms with Gasteiger partial charge in [-0.3, -0.25) is 9.47 Å². The summed E-state index contributed by atoms with van der Waals surface area (Å²) < 4.78 is 5.56. The summed E-state index contributed by atoms with van der Waals surface area (Å²) in [6, 6.07) is 8.64. The van der Waals surface area contributed by atoms with Crippen molar-refractivity contribution in [2.75, 3.05) is 5.32 Å². The van der Waals surface area contributed by atoms with E-state index < -0.39 is 0 Å². The molecule has 0 unspecified atom stereocenters. The second-order valence-corrected chi connectivity index (χ2v) is 6.53. The molecule has 0 saturated heterocycles. The minimum absolute atomic E-state index is 0.00969. The molecule has 0 radical (unpaired) electrons. The Labute approximate surface area is 159 Å². The van der Waals surface area contributed by atoms with Gasteiger partial charge in [-0.2, -0.15) is 5.10 Å². The number of nitrogens with one attached hydrogen (secondary N) is 1. The van der Waals surface area contributed by atoms with E-state index in [0.717, 1.165) is 5.82 Å². The molecule has 0 aliphatic carbocycles. The number of anilines is 1. The lowest BCUT2D eigenvalue weighted by Crippen LogP contribution is -2.20. The number of hydrogen-bond donors (Lipinski definition) is 1. The molecule has 2 aromatic heterocycles. The number of amides is 1. The van der Waals surface area contributed by atoms with E-state index in [0.29, 0.717) is 26.9 Å². The number of carbonyl (C=O) groups is 1. The normalized spacial score (nSPS) is 10.8. The van der Waals surface area contributed by atoms with Crippen LogP contribution in [0, 0.1) is 4.77 Å². The molecule has 3 rings (SSSR count). The van der Waals surface area contributed by atoms with E-state index in [4.69, 9.17) is 35.4 Å². The quantitative estimate of drug-likeness (QED) is 0.663. The van der Waals surface area contributed by atoms with Gasteiger partial charge in [-0.05, 0) is 42.5 Å². The molecule has 0 atom stereocenters. The van der Waals surface area contributed by atoms with Crippen molar-refractivity contribution in [3.63, 3.8) is 0 Å². The van der Waals surface area contributed by atoms with Crippen LogP contribution in [0.2, 0.25) is 10.0 Å². The molecule has 0 fully saturated rings. The Hall–Kier alpha value is -2.09. The predicted molar refractivity (Wildman–Crippen MR) is 101 cm³/mol. The van der Waals surface area contributed by atoms with E-state index >= 15 is 0 Å². The SMILES string of the molecule is CCc1nn(CC(=O)Nc2cc(Cl)cc(Cl)c2)c(=S)n1-n1cccc1. The summed E-state index contributed by atoms with van der Waals surface area (Å²) in [7, 11) is 0. The minimum Gasteiger partial charge on any atom is -0.324 e. The van der Waals surface area contributed by atoms with Crippen molar-refractivity contribution >= 4 is 47.0 Å². The molecule has 0 bridgehead atoms. The number of rotatable bonds is 5. The maximum Gasteiger partial charge on any atom is 0.246 e. The highest BCUT2D eigenvalue weighted by atomic mass is 35.5. The van der Waals surface area contributed by atoms with E-state index in [1.807, 2.05) is 36.1 Å². The van der Waals surface area contributed by atoms with Crippen molar-refractivity contribution in [1.82, 2.24) is 19.1 Å². The van der Waals surface area contributed by atoms with Crippen molar-refractivity contribution in [3.8, 4) is 0 Å². The Morgan fingerprint density at radius 1 is 1.20 bits per heavy atom. The Kier molecular flexibility index (Phi) is 5.27. The molecule has 6 nitrogen and oxygen atoms in total. The number of aromatic nitrogens is 4. The molecule has 0 aliphatic heterocycles. The lowest BCUT2D eigenvalue weighted by molar-refractivity contribution is -0.116. The van der Waals surface area contributed by atoms with Crippen LogP contribution in [0.4, 0.5) is 5.69 Å². The van der Waals surface area contributed by atoms with Gasteiger partial charge in [-0.25, -0.2) is 9.36 Å². The Morgan fingerprint density at radius 2 is 1.84 bits per heavy atom. The van der Waals surface area contributed by atoms with Crippen LogP contribution in [-0.4, -0.2) is 25.0 Å². The summed E-state index contributed by atoms with van der Waals surface area (Å²) in [5.74, 6) is 0.494. The summed E-state index contributed by atoms with van der Waals surface area (Å²) in [4.78, 5) is 12.3. The number of carbonyl (C=O) groups excluding carboxylic acids is 1. The van der Waals surface area contributed by atoms with Gasteiger partial charge in [-0.1, -0.05) is 30.1 Å². The Morgan fingerprint density at radius 3 is 2.44 bits per heavy atom. The maximum absolute atomic E-state index is 12.3. The van der Waals surface area contributed by atoms with Gasteiger partial charge >= 0.3 is 0 Å². The van der Waals surface area contributed by atoms with Crippen molar-refractivity contribution in [2.24, 2.45) is 0 Å². The van der Waals surface area contributed by atoms with Crippen LogP contribution >= 0.6 is 35.4 Å². The molecule has 3 aromatic rings. The van der Waals surface area contributed by atoms with Gasteiger partial charge in [0.15, 0.2) is 5.82 Å². The monoisotopic (exact) mass is 395 g/mol. The standard InChI is InChI=1S/C16H15Cl2N5OS/c1-2-14-20-22(16(25)23(14)21-5-3-4-6-21)10-15(24)19-13-8-11(17)7-12(18)9-13/h3-9H,2,10H2,1H3,(H,19,24). The fraction of sp³-hybridized carbons (Fsp3) is 0.188. The molecule has 1 aromatic carbocycles. The average molecular weight is 396 g/mol. The van der Waals surface area contributed by atoms with Gasteiger partial charge in [0.1, 0.15) is 6.54 Å². The minimum atomic E-state index is -0.269. The second kappa shape index (κ2) is 7.43. The van der Waals surface area contributed by atoms with Gasteiger partial charge in [0.25, 0.3) is 0 Å². The molecule has 1 N–H and O–H groups in total. The molecule has 25 heavy (non-hydrogen) atoms.